The molecule has 0 unspecified atom stereocenters. The Morgan fingerprint density at radius 2 is 1.29 bits per heavy atom. The van der Waals surface area contributed by atoms with Gasteiger partial charge in [-0.3, -0.25) is 14.4 Å². The predicted molar refractivity (Wildman–Crippen MR) is 80.5 cm³/mol. The van der Waals surface area contributed by atoms with Gasteiger partial charge in [-0.15, -0.1) is 0 Å². The minimum Gasteiger partial charge on any atom is -0.455 e. The summed E-state index contributed by atoms with van der Waals surface area (Å²) in [6.07, 6.45) is 0.441. The lowest BCUT2D eigenvalue weighted by atomic mass is 10.1. The average molecular weight is 360 g/mol. The molecule has 0 fully saturated rings. The van der Waals surface area contributed by atoms with E-state index in [0.717, 1.165) is 39.0 Å². The Hall–Kier alpha value is -2.29. The summed E-state index contributed by atoms with van der Waals surface area (Å²) in [5.74, 6) is -3.72. The summed E-state index contributed by atoms with van der Waals surface area (Å²) in [6.45, 7) is 3.28. The zero-order chi connectivity index (χ0) is 18.3. The fraction of sp³-hybridized carbons (Fsp3) is 0.400. The summed E-state index contributed by atoms with van der Waals surface area (Å²) in [6, 6.07) is 3.02. The maximum atomic E-state index is 13.2. The molecule has 1 aromatic carbocycles. The fourth-order valence-electron chi connectivity index (χ4n) is 2.14. The standard InChI is InChI=1S/C15H18F2O6Si/c1-10(18)21-24(22-11(2)19,23-12(3)20)6-4-5-13-7-14(16)9-15(17)8-13/h7-9H,4-6H2,1-3H3. The number of hydrogen-bond acceptors (Lipinski definition) is 6. The Bertz CT molecular complexity index is 573. The van der Waals surface area contributed by atoms with Gasteiger partial charge >= 0.3 is 8.80 Å². The first kappa shape index (κ1) is 19.8. The first-order valence-corrected chi connectivity index (χ1v) is 9.09. The first-order chi connectivity index (χ1) is 11.1. The van der Waals surface area contributed by atoms with Gasteiger partial charge in [0, 0.05) is 26.8 Å². The van der Waals surface area contributed by atoms with E-state index in [1.54, 1.807) is 0 Å². The number of rotatable bonds is 7. The highest BCUT2D eigenvalue weighted by Crippen LogP contribution is 2.21. The van der Waals surface area contributed by atoms with Gasteiger partial charge in [-0.05, 0) is 30.5 Å². The Labute approximate surface area is 139 Å². The molecule has 0 atom stereocenters. The smallest absolute Gasteiger partial charge is 0.455 e. The van der Waals surface area contributed by atoms with Crippen LogP contribution in [0.4, 0.5) is 8.78 Å². The molecule has 0 aromatic heterocycles. The van der Waals surface area contributed by atoms with Gasteiger partial charge in [0.1, 0.15) is 11.6 Å². The Balaban J connectivity index is 2.87. The summed E-state index contributed by atoms with van der Waals surface area (Å²) in [4.78, 5) is 33.8. The van der Waals surface area contributed by atoms with Crippen LogP contribution in [0.5, 0.6) is 0 Å². The van der Waals surface area contributed by atoms with Crippen LogP contribution in [0.25, 0.3) is 0 Å². The van der Waals surface area contributed by atoms with Gasteiger partial charge in [0.05, 0.1) is 6.04 Å². The summed E-state index contributed by atoms with van der Waals surface area (Å²) in [5, 5.41) is 0. The molecule has 24 heavy (non-hydrogen) atoms. The summed E-state index contributed by atoms with van der Waals surface area (Å²) >= 11 is 0. The van der Waals surface area contributed by atoms with Crippen LogP contribution in [0.2, 0.25) is 6.04 Å². The monoisotopic (exact) mass is 360 g/mol. The van der Waals surface area contributed by atoms with Crippen LogP contribution in [0.1, 0.15) is 32.8 Å². The van der Waals surface area contributed by atoms with Gasteiger partial charge in [-0.25, -0.2) is 8.78 Å². The number of carbonyl (C=O) groups is 3. The molecule has 0 bridgehead atoms. The van der Waals surface area contributed by atoms with Crippen molar-refractivity contribution in [3.63, 3.8) is 0 Å². The lowest BCUT2D eigenvalue weighted by Gasteiger charge is -2.26. The minimum absolute atomic E-state index is 0.0517. The van der Waals surface area contributed by atoms with Crippen LogP contribution < -0.4 is 0 Å². The van der Waals surface area contributed by atoms with Gasteiger partial charge in [-0.1, -0.05) is 0 Å². The largest absolute Gasteiger partial charge is 0.705 e. The number of hydrogen-bond donors (Lipinski definition) is 0. The van der Waals surface area contributed by atoms with E-state index in [1.807, 2.05) is 0 Å². The Morgan fingerprint density at radius 3 is 1.67 bits per heavy atom. The second-order valence-electron chi connectivity index (χ2n) is 5.10. The predicted octanol–water partition coefficient (Wildman–Crippen LogP) is 2.53. The van der Waals surface area contributed by atoms with Crippen LogP contribution in [0.3, 0.4) is 0 Å². The van der Waals surface area contributed by atoms with Crippen LogP contribution in [0, 0.1) is 11.6 Å². The van der Waals surface area contributed by atoms with Crippen molar-refractivity contribution in [3.05, 3.63) is 35.4 Å². The van der Waals surface area contributed by atoms with E-state index >= 15 is 0 Å². The lowest BCUT2D eigenvalue weighted by molar-refractivity contribution is -0.147. The SMILES string of the molecule is CC(=O)O[Si](CCCc1cc(F)cc(F)c1)(OC(C)=O)OC(C)=O. The zero-order valence-corrected chi connectivity index (χ0v) is 14.6. The van der Waals surface area contributed by atoms with Gasteiger partial charge < -0.3 is 13.3 Å². The molecular formula is C15H18F2O6Si. The molecule has 132 valence electrons. The second-order valence-corrected chi connectivity index (χ2v) is 7.57. The van der Waals surface area contributed by atoms with E-state index in [1.165, 1.54) is 0 Å². The highest BCUT2D eigenvalue weighted by atomic mass is 28.4. The van der Waals surface area contributed by atoms with Crippen molar-refractivity contribution >= 4 is 26.7 Å². The van der Waals surface area contributed by atoms with Crippen molar-refractivity contribution in [2.45, 2.75) is 39.7 Å². The number of halogens is 2. The van der Waals surface area contributed by atoms with Gasteiger partial charge in [0.15, 0.2) is 0 Å². The molecule has 1 aromatic rings. The van der Waals surface area contributed by atoms with Crippen molar-refractivity contribution < 1.29 is 36.4 Å². The molecular weight excluding hydrogens is 342 g/mol. The maximum Gasteiger partial charge on any atom is 0.705 e. The molecule has 0 radical (unpaired) electrons. The molecule has 6 nitrogen and oxygen atoms in total. The van der Waals surface area contributed by atoms with Crippen LogP contribution >= 0.6 is 0 Å². The molecule has 0 aliphatic rings. The number of aryl methyl sites for hydroxylation is 1. The minimum atomic E-state index is -3.90. The summed E-state index contributed by atoms with van der Waals surface area (Å²) < 4.78 is 41.4. The highest BCUT2D eigenvalue weighted by Gasteiger charge is 2.51. The van der Waals surface area contributed by atoms with E-state index in [9.17, 15) is 23.2 Å². The maximum absolute atomic E-state index is 13.2. The first-order valence-electron chi connectivity index (χ1n) is 7.15. The van der Waals surface area contributed by atoms with Crippen LogP contribution in [-0.2, 0) is 34.1 Å². The fourth-order valence-corrected chi connectivity index (χ4v) is 4.49. The van der Waals surface area contributed by atoms with E-state index < -0.39 is 38.3 Å². The number of benzene rings is 1. The van der Waals surface area contributed by atoms with Crippen molar-refractivity contribution in [2.75, 3.05) is 0 Å². The molecule has 0 aliphatic carbocycles. The third kappa shape index (κ3) is 6.86. The zero-order valence-electron chi connectivity index (χ0n) is 13.6. The summed E-state index contributed by atoms with van der Waals surface area (Å²) in [5.41, 5.74) is 0.379. The van der Waals surface area contributed by atoms with Crippen molar-refractivity contribution in [2.24, 2.45) is 0 Å². The molecule has 0 saturated carbocycles. The third-order valence-electron chi connectivity index (χ3n) is 2.77. The second kappa shape index (κ2) is 8.53. The highest BCUT2D eigenvalue weighted by molar-refractivity contribution is 6.65. The molecule has 0 saturated heterocycles. The van der Waals surface area contributed by atoms with Crippen molar-refractivity contribution in [1.29, 1.82) is 0 Å². The van der Waals surface area contributed by atoms with Gasteiger partial charge in [0.25, 0.3) is 17.9 Å². The van der Waals surface area contributed by atoms with E-state index in [0.29, 0.717) is 5.56 Å². The van der Waals surface area contributed by atoms with E-state index in [2.05, 4.69) is 0 Å². The van der Waals surface area contributed by atoms with Crippen molar-refractivity contribution in [3.8, 4) is 0 Å². The molecule has 0 spiro atoms. The molecule has 0 N–H and O–H groups in total. The molecule has 1 rings (SSSR count). The van der Waals surface area contributed by atoms with E-state index in [-0.39, 0.29) is 18.9 Å². The van der Waals surface area contributed by atoms with E-state index in [4.69, 9.17) is 13.3 Å². The van der Waals surface area contributed by atoms with Crippen LogP contribution in [-0.4, -0.2) is 26.7 Å². The third-order valence-corrected chi connectivity index (χ3v) is 5.53. The molecule has 0 amide bonds. The van der Waals surface area contributed by atoms with Gasteiger partial charge in [-0.2, -0.15) is 0 Å². The molecule has 9 heteroatoms. The average Bonchev–Trinajstić information content (AvgIpc) is 2.34. The Morgan fingerprint density at radius 1 is 0.875 bits per heavy atom. The molecule has 0 heterocycles. The Kier molecular flexibility index (Phi) is 7.02. The van der Waals surface area contributed by atoms with Gasteiger partial charge in [0.2, 0.25) is 0 Å². The lowest BCUT2D eigenvalue weighted by Crippen LogP contribution is -2.49. The molecule has 0 aliphatic heterocycles. The normalized spacial score (nSPS) is 10.9. The topological polar surface area (TPSA) is 78.9 Å². The van der Waals surface area contributed by atoms with Crippen molar-refractivity contribution in [1.82, 2.24) is 0 Å². The number of carbonyl (C=O) groups excluding carboxylic acids is 3. The summed E-state index contributed by atoms with van der Waals surface area (Å²) in [7, 11) is -3.90. The quantitative estimate of drug-likeness (QED) is 0.695. The van der Waals surface area contributed by atoms with Crippen LogP contribution in [0.15, 0.2) is 18.2 Å².